The van der Waals surface area contributed by atoms with E-state index in [0.717, 1.165) is 0 Å². The Labute approximate surface area is 110 Å². The van der Waals surface area contributed by atoms with E-state index in [2.05, 4.69) is 20.6 Å². The van der Waals surface area contributed by atoms with Crippen LogP contribution in [0.4, 0.5) is 0 Å². The van der Waals surface area contributed by atoms with Crippen LogP contribution >= 0.6 is 11.8 Å². The molecular formula is C11H16N4O2S. The number of carbonyl (C=O) groups is 2. The summed E-state index contributed by atoms with van der Waals surface area (Å²) in [6, 6.07) is 1.18. The Bertz CT molecular complexity index is 399. The molecule has 0 unspecified atom stereocenters. The van der Waals surface area contributed by atoms with Gasteiger partial charge in [0, 0.05) is 18.9 Å². The first-order chi connectivity index (χ1) is 8.63. The van der Waals surface area contributed by atoms with Crippen molar-refractivity contribution in [1.29, 1.82) is 0 Å². The third-order valence-corrected chi connectivity index (χ3v) is 2.87. The van der Waals surface area contributed by atoms with Gasteiger partial charge in [-0.3, -0.25) is 9.59 Å². The van der Waals surface area contributed by atoms with E-state index in [1.807, 2.05) is 6.92 Å². The van der Waals surface area contributed by atoms with Crippen LogP contribution in [-0.2, 0) is 9.59 Å². The molecule has 0 aliphatic carbocycles. The van der Waals surface area contributed by atoms with Gasteiger partial charge in [0.25, 0.3) is 0 Å². The van der Waals surface area contributed by atoms with Crippen LogP contribution in [0.25, 0.3) is 0 Å². The Morgan fingerprint density at radius 1 is 1.39 bits per heavy atom. The monoisotopic (exact) mass is 268 g/mol. The normalized spacial score (nSPS) is 11.7. The van der Waals surface area contributed by atoms with E-state index in [-0.39, 0.29) is 17.6 Å². The minimum absolute atomic E-state index is 0.188. The third kappa shape index (κ3) is 5.13. The Kier molecular flexibility index (Phi) is 6.13. The first kappa shape index (κ1) is 14.4. The number of aromatic nitrogens is 2. The molecule has 0 aliphatic rings. The zero-order chi connectivity index (χ0) is 13.4. The number of hydrogen-bond donors (Lipinski definition) is 2. The van der Waals surface area contributed by atoms with Gasteiger partial charge in [-0.15, -0.1) is 0 Å². The molecule has 7 heteroatoms. The predicted octanol–water partition coefficient (Wildman–Crippen LogP) is 0.209. The molecule has 0 aliphatic heterocycles. The topological polar surface area (TPSA) is 84.0 Å². The summed E-state index contributed by atoms with van der Waals surface area (Å²) in [5, 5.41) is 5.79. The van der Waals surface area contributed by atoms with Gasteiger partial charge >= 0.3 is 0 Å². The molecule has 18 heavy (non-hydrogen) atoms. The predicted molar refractivity (Wildman–Crippen MR) is 69.0 cm³/mol. The largest absolute Gasteiger partial charge is 0.355 e. The minimum atomic E-state index is -0.533. The van der Waals surface area contributed by atoms with Gasteiger partial charge in [0.05, 0.1) is 5.75 Å². The summed E-state index contributed by atoms with van der Waals surface area (Å²) in [4.78, 5) is 30.9. The highest BCUT2D eigenvalue weighted by Gasteiger charge is 2.14. The average molecular weight is 268 g/mol. The van der Waals surface area contributed by atoms with Crippen LogP contribution in [0.3, 0.4) is 0 Å². The van der Waals surface area contributed by atoms with Crippen molar-refractivity contribution in [2.75, 3.05) is 12.3 Å². The quantitative estimate of drug-likeness (QED) is 0.569. The van der Waals surface area contributed by atoms with E-state index in [1.165, 1.54) is 11.8 Å². The number of nitrogens with one attached hydrogen (secondary N) is 2. The SMILES string of the molecule is CCNC(=O)[C@H](C)NC(=O)CSc1ncccn1. The zero-order valence-corrected chi connectivity index (χ0v) is 11.2. The standard InChI is InChI=1S/C11H16N4O2S/c1-3-12-10(17)8(2)15-9(16)7-18-11-13-5-4-6-14-11/h4-6,8H,3,7H2,1-2H3,(H,12,17)(H,15,16)/t8-/m0/s1. The van der Waals surface area contributed by atoms with E-state index in [4.69, 9.17) is 0 Å². The summed E-state index contributed by atoms with van der Waals surface area (Å²) in [5.74, 6) is -0.216. The van der Waals surface area contributed by atoms with Crippen molar-refractivity contribution >= 4 is 23.6 Å². The van der Waals surface area contributed by atoms with Crippen LogP contribution in [0.2, 0.25) is 0 Å². The molecule has 1 aromatic heterocycles. The van der Waals surface area contributed by atoms with E-state index < -0.39 is 6.04 Å². The van der Waals surface area contributed by atoms with Crippen molar-refractivity contribution < 1.29 is 9.59 Å². The molecule has 0 spiro atoms. The van der Waals surface area contributed by atoms with Crippen LogP contribution in [0.5, 0.6) is 0 Å². The smallest absolute Gasteiger partial charge is 0.242 e. The number of nitrogens with zero attached hydrogens (tertiary/aromatic N) is 2. The highest BCUT2D eigenvalue weighted by atomic mass is 32.2. The lowest BCUT2D eigenvalue weighted by atomic mass is 10.3. The Morgan fingerprint density at radius 2 is 2.06 bits per heavy atom. The van der Waals surface area contributed by atoms with Gasteiger partial charge < -0.3 is 10.6 Å². The maximum absolute atomic E-state index is 11.6. The lowest BCUT2D eigenvalue weighted by molar-refractivity contribution is -0.127. The Balaban J connectivity index is 2.31. The molecule has 2 amide bonds. The highest BCUT2D eigenvalue weighted by molar-refractivity contribution is 7.99. The molecule has 6 nitrogen and oxygen atoms in total. The maximum atomic E-state index is 11.6. The lowest BCUT2D eigenvalue weighted by Crippen LogP contribution is -2.45. The van der Waals surface area contributed by atoms with Gasteiger partial charge in [0.2, 0.25) is 11.8 Å². The molecule has 1 atom stereocenters. The van der Waals surface area contributed by atoms with E-state index in [1.54, 1.807) is 25.4 Å². The fourth-order valence-corrected chi connectivity index (χ4v) is 1.78. The molecule has 98 valence electrons. The molecule has 0 radical (unpaired) electrons. The van der Waals surface area contributed by atoms with Crippen molar-refractivity contribution in [2.45, 2.75) is 25.0 Å². The minimum Gasteiger partial charge on any atom is -0.355 e. The number of likely N-dealkylation sites (N-methyl/N-ethyl adjacent to an activating group) is 1. The van der Waals surface area contributed by atoms with Gasteiger partial charge in [-0.1, -0.05) is 11.8 Å². The second kappa shape index (κ2) is 7.65. The van der Waals surface area contributed by atoms with Gasteiger partial charge in [-0.05, 0) is 19.9 Å². The summed E-state index contributed by atoms with van der Waals surface area (Å²) >= 11 is 1.23. The summed E-state index contributed by atoms with van der Waals surface area (Å²) in [6.07, 6.45) is 3.23. The molecule has 0 bridgehead atoms. The number of rotatable bonds is 6. The molecule has 0 saturated carbocycles. The van der Waals surface area contributed by atoms with Crippen LogP contribution in [-0.4, -0.2) is 40.1 Å². The van der Waals surface area contributed by atoms with Crippen LogP contribution in [0.1, 0.15) is 13.8 Å². The zero-order valence-electron chi connectivity index (χ0n) is 10.3. The molecule has 0 saturated heterocycles. The van der Waals surface area contributed by atoms with Gasteiger partial charge in [0.15, 0.2) is 5.16 Å². The van der Waals surface area contributed by atoms with E-state index in [9.17, 15) is 9.59 Å². The fraction of sp³-hybridized carbons (Fsp3) is 0.455. The first-order valence-corrected chi connectivity index (χ1v) is 6.59. The first-order valence-electron chi connectivity index (χ1n) is 5.60. The number of hydrogen-bond acceptors (Lipinski definition) is 5. The summed E-state index contributed by atoms with van der Waals surface area (Å²) in [6.45, 7) is 4.02. The van der Waals surface area contributed by atoms with E-state index in [0.29, 0.717) is 11.7 Å². The number of amides is 2. The van der Waals surface area contributed by atoms with Crippen LogP contribution < -0.4 is 10.6 Å². The Hall–Kier alpha value is -1.63. The summed E-state index contributed by atoms with van der Waals surface area (Å²) < 4.78 is 0. The number of thioether (sulfide) groups is 1. The molecule has 1 heterocycles. The van der Waals surface area contributed by atoms with Gasteiger partial charge in [-0.25, -0.2) is 9.97 Å². The molecular weight excluding hydrogens is 252 g/mol. The summed E-state index contributed by atoms with van der Waals surface area (Å²) in [5.41, 5.74) is 0. The van der Waals surface area contributed by atoms with E-state index >= 15 is 0 Å². The molecule has 2 N–H and O–H groups in total. The fourth-order valence-electron chi connectivity index (χ4n) is 1.17. The second-order valence-electron chi connectivity index (χ2n) is 3.50. The van der Waals surface area contributed by atoms with Crippen molar-refractivity contribution in [2.24, 2.45) is 0 Å². The average Bonchev–Trinajstić information content (AvgIpc) is 2.38. The number of carbonyl (C=O) groups excluding carboxylic acids is 2. The molecule has 1 rings (SSSR count). The molecule has 0 aromatic carbocycles. The second-order valence-corrected chi connectivity index (χ2v) is 4.45. The summed E-state index contributed by atoms with van der Waals surface area (Å²) in [7, 11) is 0. The van der Waals surface area contributed by atoms with Crippen molar-refractivity contribution in [3.05, 3.63) is 18.5 Å². The van der Waals surface area contributed by atoms with Crippen LogP contribution in [0.15, 0.2) is 23.6 Å². The lowest BCUT2D eigenvalue weighted by Gasteiger charge is -2.12. The van der Waals surface area contributed by atoms with Gasteiger partial charge in [0.1, 0.15) is 6.04 Å². The van der Waals surface area contributed by atoms with Crippen LogP contribution in [0, 0.1) is 0 Å². The van der Waals surface area contributed by atoms with Crippen molar-refractivity contribution in [1.82, 2.24) is 20.6 Å². The third-order valence-electron chi connectivity index (χ3n) is 2.00. The van der Waals surface area contributed by atoms with Crippen molar-refractivity contribution in [3.8, 4) is 0 Å². The maximum Gasteiger partial charge on any atom is 0.242 e. The molecule has 1 aromatic rings. The molecule has 0 fully saturated rings. The van der Waals surface area contributed by atoms with Crippen molar-refractivity contribution in [3.63, 3.8) is 0 Å². The Morgan fingerprint density at radius 3 is 2.67 bits per heavy atom. The highest BCUT2D eigenvalue weighted by Crippen LogP contribution is 2.09. The van der Waals surface area contributed by atoms with Gasteiger partial charge in [-0.2, -0.15) is 0 Å².